The highest BCUT2D eigenvalue weighted by Gasteiger charge is 2.12. The first-order chi connectivity index (χ1) is 14.1. The van der Waals surface area contributed by atoms with E-state index in [1.54, 1.807) is 29.9 Å². The van der Waals surface area contributed by atoms with Gasteiger partial charge in [-0.05, 0) is 46.8 Å². The van der Waals surface area contributed by atoms with Gasteiger partial charge in [-0.15, -0.1) is 5.10 Å². The van der Waals surface area contributed by atoms with Crippen molar-refractivity contribution in [1.82, 2.24) is 30.3 Å². The average Bonchev–Trinajstić information content (AvgIpc) is 3.36. The Morgan fingerprint density at radius 3 is 2.76 bits per heavy atom. The fourth-order valence-corrected chi connectivity index (χ4v) is 2.85. The number of aromatic nitrogens is 6. The van der Waals surface area contributed by atoms with Crippen LogP contribution in [0.4, 0.5) is 5.69 Å². The summed E-state index contributed by atoms with van der Waals surface area (Å²) in [5.41, 5.74) is 2.26. The largest absolute Gasteiger partial charge is 0.339 e. The average molecular weight is 410 g/mol. The summed E-state index contributed by atoms with van der Waals surface area (Å²) in [6.45, 7) is 0. The molecule has 4 rings (SSSR count). The molecule has 1 amide bonds. The first-order valence-corrected chi connectivity index (χ1v) is 9.17. The van der Waals surface area contributed by atoms with E-state index in [9.17, 15) is 4.79 Å². The van der Waals surface area contributed by atoms with Crippen LogP contribution in [0.2, 0.25) is 5.02 Å². The van der Waals surface area contributed by atoms with Gasteiger partial charge in [0.05, 0.1) is 0 Å². The highest BCUT2D eigenvalue weighted by atomic mass is 35.5. The normalized spacial score (nSPS) is 10.8. The monoisotopic (exact) mass is 409 g/mol. The lowest BCUT2D eigenvalue weighted by Gasteiger charge is -2.06. The van der Waals surface area contributed by atoms with Gasteiger partial charge in [0.15, 0.2) is 5.82 Å². The van der Waals surface area contributed by atoms with E-state index in [1.165, 1.54) is 0 Å². The lowest BCUT2D eigenvalue weighted by molar-refractivity contribution is -0.116. The number of amides is 1. The topological polar surface area (TPSA) is 112 Å². The van der Waals surface area contributed by atoms with Gasteiger partial charge in [-0.1, -0.05) is 28.9 Å². The van der Waals surface area contributed by atoms with Crippen LogP contribution in [0.3, 0.4) is 0 Å². The zero-order valence-corrected chi connectivity index (χ0v) is 16.2. The minimum atomic E-state index is -0.163. The minimum absolute atomic E-state index is 0.163. The van der Waals surface area contributed by atoms with Crippen molar-refractivity contribution < 1.29 is 9.32 Å². The molecule has 2 aromatic carbocycles. The van der Waals surface area contributed by atoms with E-state index in [-0.39, 0.29) is 12.3 Å². The zero-order valence-electron chi connectivity index (χ0n) is 15.4. The molecule has 0 aliphatic carbocycles. The molecular weight excluding hydrogens is 394 g/mol. The third kappa shape index (κ3) is 4.46. The highest BCUT2D eigenvalue weighted by Crippen LogP contribution is 2.21. The smallest absolute Gasteiger partial charge is 0.227 e. The molecule has 0 spiro atoms. The third-order valence-corrected chi connectivity index (χ3v) is 4.41. The molecule has 0 aliphatic rings. The van der Waals surface area contributed by atoms with E-state index in [0.29, 0.717) is 34.7 Å². The first kappa shape index (κ1) is 18.8. The Kier molecular flexibility index (Phi) is 5.30. The third-order valence-electron chi connectivity index (χ3n) is 4.16. The molecule has 146 valence electrons. The van der Waals surface area contributed by atoms with Gasteiger partial charge in [0, 0.05) is 41.7 Å². The molecule has 29 heavy (non-hydrogen) atoms. The van der Waals surface area contributed by atoms with E-state index in [4.69, 9.17) is 16.1 Å². The quantitative estimate of drug-likeness (QED) is 0.520. The Balaban J connectivity index is 1.36. The summed E-state index contributed by atoms with van der Waals surface area (Å²) in [6, 6.07) is 14.4. The van der Waals surface area contributed by atoms with Crippen molar-refractivity contribution in [3.63, 3.8) is 0 Å². The number of nitrogens with zero attached hydrogens (tertiary/aromatic N) is 6. The number of hydrogen-bond donors (Lipinski definition) is 1. The number of anilines is 1. The second-order valence-corrected chi connectivity index (χ2v) is 6.71. The number of tetrazole rings is 1. The number of carbonyl (C=O) groups is 1. The molecule has 10 heteroatoms. The lowest BCUT2D eigenvalue weighted by Crippen LogP contribution is -2.12. The SMILES string of the molecule is Cn1nnnc1-c1cccc(NC(=O)CCc2nc(-c3ccc(Cl)cc3)no2)c1. The van der Waals surface area contributed by atoms with E-state index in [1.807, 2.05) is 30.3 Å². The van der Waals surface area contributed by atoms with Crippen molar-refractivity contribution in [3.05, 3.63) is 59.4 Å². The predicted octanol–water partition coefficient (Wildman–Crippen LogP) is 3.15. The van der Waals surface area contributed by atoms with Crippen LogP contribution < -0.4 is 5.32 Å². The minimum Gasteiger partial charge on any atom is -0.339 e. The molecule has 4 aromatic rings. The summed E-state index contributed by atoms with van der Waals surface area (Å²) in [5, 5.41) is 18.8. The number of halogens is 1. The van der Waals surface area contributed by atoms with Gasteiger partial charge in [-0.3, -0.25) is 4.79 Å². The maximum Gasteiger partial charge on any atom is 0.227 e. The second-order valence-electron chi connectivity index (χ2n) is 6.27. The molecule has 1 N–H and O–H groups in total. The summed E-state index contributed by atoms with van der Waals surface area (Å²) >= 11 is 5.88. The number of hydrogen-bond acceptors (Lipinski definition) is 7. The van der Waals surface area contributed by atoms with Crippen molar-refractivity contribution in [2.75, 3.05) is 5.32 Å². The van der Waals surface area contributed by atoms with Crippen molar-refractivity contribution in [2.45, 2.75) is 12.8 Å². The summed E-state index contributed by atoms with van der Waals surface area (Å²) in [4.78, 5) is 16.6. The van der Waals surface area contributed by atoms with Crippen LogP contribution in [0.5, 0.6) is 0 Å². The number of benzene rings is 2. The molecule has 0 saturated heterocycles. The maximum absolute atomic E-state index is 12.3. The number of rotatable bonds is 6. The Labute approximate surface area is 170 Å². The highest BCUT2D eigenvalue weighted by molar-refractivity contribution is 6.30. The Morgan fingerprint density at radius 1 is 1.17 bits per heavy atom. The van der Waals surface area contributed by atoms with E-state index in [2.05, 4.69) is 31.0 Å². The summed E-state index contributed by atoms with van der Waals surface area (Å²) in [6.07, 6.45) is 0.539. The summed E-state index contributed by atoms with van der Waals surface area (Å²) in [7, 11) is 1.75. The van der Waals surface area contributed by atoms with Crippen molar-refractivity contribution in [2.24, 2.45) is 7.05 Å². The molecule has 0 fully saturated rings. The standard InChI is InChI=1S/C19H16ClN7O2/c1-27-19(23-25-26-27)13-3-2-4-15(11-13)21-16(28)9-10-17-22-18(24-29-17)12-5-7-14(20)8-6-12/h2-8,11H,9-10H2,1H3,(H,21,28). The molecule has 0 radical (unpaired) electrons. The van der Waals surface area contributed by atoms with E-state index < -0.39 is 0 Å². The molecule has 0 unspecified atom stereocenters. The molecule has 0 aliphatic heterocycles. The Hall–Kier alpha value is -3.59. The second kappa shape index (κ2) is 8.19. The van der Waals surface area contributed by atoms with E-state index >= 15 is 0 Å². The van der Waals surface area contributed by atoms with Crippen LogP contribution in [0, 0.1) is 0 Å². The number of aryl methyl sites for hydroxylation is 2. The van der Waals surface area contributed by atoms with Gasteiger partial charge >= 0.3 is 0 Å². The van der Waals surface area contributed by atoms with Crippen LogP contribution >= 0.6 is 11.6 Å². The summed E-state index contributed by atoms with van der Waals surface area (Å²) < 4.78 is 6.80. The lowest BCUT2D eigenvalue weighted by atomic mass is 10.2. The van der Waals surface area contributed by atoms with Crippen LogP contribution in [-0.4, -0.2) is 36.3 Å². The molecule has 9 nitrogen and oxygen atoms in total. The predicted molar refractivity (Wildman–Crippen MR) is 106 cm³/mol. The van der Waals surface area contributed by atoms with E-state index in [0.717, 1.165) is 11.1 Å². The number of nitrogens with one attached hydrogen (secondary N) is 1. The van der Waals surface area contributed by atoms with Crippen molar-refractivity contribution in [1.29, 1.82) is 0 Å². The van der Waals surface area contributed by atoms with Crippen LogP contribution in [-0.2, 0) is 18.3 Å². The maximum atomic E-state index is 12.3. The van der Waals surface area contributed by atoms with Crippen LogP contribution in [0.25, 0.3) is 22.8 Å². The van der Waals surface area contributed by atoms with Gasteiger partial charge in [-0.2, -0.15) is 4.98 Å². The van der Waals surface area contributed by atoms with Gasteiger partial charge in [0.2, 0.25) is 17.6 Å². The van der Waals surface area contributed by atoms with Crippen molar-refractivity contribution >= 4 is 23.2 Å². The van der Waals surface area contributed by atoms with Gasteiger partial charge < -0.3 is 9.84 Å². The molecule has 0 atom stereocenters. The van der Waals surface area contributed by atoms with Crippen LogP contribution in [0.1, 0.15) is 12.3 Å². The Bertz CT molecular complexity index is 1140. The summed E-state index contributed by atoms with van der Waals surface area (Å²) in [5.74, 6) is 1.30. The molecule has 0 bridgehead atoms. The first-order valence-electron chi connectivity index (χ1n) is 8.79. The molecule has 0 saturated carbocycles. The number of carbonyl (C=O) groups excluding carboxylic acids is 1. The van der Waals surface area contributed by atoms with Gasteiger partial charge in [0.25, 0.3) is 0 Å². The van der Waals surface area contributed by atoms with Crippen LogP contribution in [0.15, 0.2) is 53.1 Å². The molecule has 2 aromatic heterocycles. The Morgan fingerprint density at radius 2 is 2.00 bits per heavy atom. The molecule has 2 heterocycles. The zero-order chi connectivity index (χ0) is 20.2. The van der Waals surface area contributed by atoms with Crippen molar-refractivity contribution in [3.8, 4) is 22.8 Å². The van der Waals surface area contributed by atoms with Gasteiger partial charge in [-0.25, -0.2) is 4.68 Å². The fourth-order valence-electron chi connectivity index (χ4n) is 2.73. The fraction of sp³-hybridized carbons (Fsp3) is 0.158. The molecular formula is C19H16ClN7O2. The van der Waals surface area contributed by atoms with Gasteiger partial charge in [0.1, 0.15) is 0 Å².